The molecule has 1 N–H and O–H groups in total. The van der Waals surface area contributed by atoms with Crippen molar-refractivity contribution in [2.75, 3.05) is 16.8 Å². The fourth-order valence-electron chi connectivity index (χ4n) is 2.71. The Morgan fingerprint density at radius 3 is 2.75 bits per heavy atom. The lowest BCUT2D eigenvalue weighted by molar-refractivity contribution is 0.469. The van der Waals surface area contributed by atoms with Gasteiger partial charge in [-0.05, 0) is 43.7 Å². The predicted octanol–water partition coefficient (Wildman–Crippen LogP) is 4.04. The Bertz CT molecular complexity index is 622. The van der Waals surface area contributed by atoms with Crippen LogP contribution in [0.1, 0.15) is 19.4 Å². The molecule has 1 aliphatic heterocycles. The van der Waals surface area contributed by atoms with E-state index in [-0.39, 0.29) is 11.4 Å². The molecule has 3 rings (SSSR count). The van der Waals surface area contributed by atoms with Crippen molar-refractivity contribution in [3.05, 3.63) is 59.9 Å². The molecule has 2 aromatic rings. The average molecular weight is 270 g/mol. The van der Waals surface area contributed by atoms with Crippen LogP contribution in [0.25, 0.3) is 0 Å². The van der Waals surface area contributed by atoms with Gasteiger partial charge in [0.15, 0.2) is 0 Å². The van der Waals surface area contributed by atoms with Crippen molar-refractivity contribution in [2.45, 2.75) is 25.9 Å². The molecule has 1 aliphatic rings. The number of halogens is 1. The van der Waals surface area contributed by atoms with Gasteiger partial charge >= 0.3 is 0 Å². The molecule has 104 valence electrons. The summed E-state index contributed by atoms with van der Waals surface area (Å²) in [6.45, 7) is 5.99. The number of rotatable bonds is 2. The monoisotopic (exact) mass is 270 g/mol. The van der Waals surface area contributed by atoms with E-state index in [1.165, 1.54) is 11.8 Å². The molecule has 0 atom stereocenters. The average Bonchev–Trinajstić information content (AvgIpc) is 2.42. The van der Waals surface area contributed by atoms with Crippen molar-refractivity contribution in [2.24, 2.45) is 0 Å². The molecule has 0 saturated heterocycles. The van der Waals surface area contributed by atoms with E-state index >= 15 is 0 Å². The van der Waals surface area contributed by atoms with Gasteiger partial charge in [0.1, 0.15) is 5.82 Å². The van der Waals surface area contributed by atoms with Crippen LogP contribution in [0.5, 0.6) is 0 Å². The highest BCUT2D eigenvalue weighted by Gasteiger charge is 2.32. The predicted molar refractivity (Wildman–Crippen MR) is 81.6 cm³/mol. The Morgan fingerprint density at radius 2 is 1.95 bits per heavy atom. The number of benzene rings is 2. The third kappa shape index (κ3) is 2.36. The molecular weight excluding hydrogens is 251 g/mol. The van der Waals surface area contributed by atoms with Crippen LogP contribution >= 0.6 is 0 Å². The maximum atomic E-state index is 13.4. The van der Waals surface area contributed by atoms with Gasteiger partial charge < -0.3 is 10.2 Å². The third-order valence-corrected chi connectivity index (χ3v) is 3.87. The van der Waals surface area contributed by atoms with Crippen LogP contribution in [0.3, 0.4) is 0 Å². The number of hydrogen-bond donors (Lipinski definition) is 1. The van der Waals surface area contributed by atoms with E-state index in [9.17, 15) is 4.39 Å². The number of para-hydroxylation sites is 2. The Balaban J connectivity index is 1.97. The summed E-state index contributed by atoms with van der Waals surface area (Å²) < 4.78 is 13.4. The van der Waals surface area contributed by atoms with E-state index in [1.807, 2.05) is 18.2 Å². The van der Waals surface area contributed by atoms with Gasteiger partial charge in [0.05, 0.1) is 16.9 Å². The van der Waals surface area contributed by atoms with Crippen molar-refractivity contribution in [3.63, 3.8) is 0 Å². The molecule has 0 unspecified atom stereocenters. The molecule has 0 saturated carbocycles. The molecule has 0 amide bonds. The Labute approximate surface area is 119 Å². The zero-order valence-electron chi connectivity index (χ0n) is 11.9. The van der Waals surface area contributed by atoms with Crippen molar-refractivity contribution < 1.29 is 4.39 Å². The van der Waals surface area contributed by atoms with Gasteiger partial charge in [-0.3, -0.25) is 0 Å². The zero-order chi connectivity index (χ0) is 14.2. The van der Waals surface area contributed by atoms with Gasteiger partial charge in [-0.15, -0.1) is 0 Å². The number of anilines is 2. The van der Waals surface area contributed by atoms with Crippen LogP contribution in [0, 0.1) is 5.82 Å². The summed E-state index contributed by atoms with van der Waals surface area (Å²) in [7, 11) is 0. The number of fused-ring (bicyclic) bond motifs is 1. The first kappa shape index (κ1) is 13.0. The number of hydrogen-bond acceptors (Lipinski definition) is 2. The van der Waals surface area contributed by atoms with Crippen molar-refractivity contribution in [3.8, 4) is 0 Å². The molecule has 0 radical (unpaired) electrons. The fourth-order valence-corrected chi connectivity index (χ4v) is 2.71. The second-order valence-electron chi connectivity index (χ2n) is 5.90. The maximum absolute atomic E-state index is 13.4. The van der Waals surface area contributed by atoms with Crippen molar-refractivity contribution >= 4 is 11.4 Å². The molecule has 0 aliphatic carbocycles. The Kier molecular flexibility index (Phi) is 3.13. The first-order valence-corrected chi connectivity index (χ1v) is 6.91. The van der Waals surface area contributed by atoms with E-state index in [0.717, 1.165) is 17.8 Å². The highest BCUT2D eigenvalue weighted by Crippen LogP contribution is 2.36. The molecular formula is C17H19FN2. The topological polar surface area (TPSA) is 15.3 Å². The summed E-state index contributed by atoms with van der Waals surface area (Å²) in [5, 5.41) is 3.46. The Hall–Kier alpha value is -2.03. The quantitative estimate of drug-likeness (QED) is 0.886. The third-order valence-electron chi connectivity index (χ3n) is 3.87. The molecule has 3 heteroatoms. The first-order valence-electron chi connectivity index (χ1n) is 6.91. The molecule has 0 fully saturated rings. The lowest BCUT2D eigenvalue weighted by Gasteiger charge is -2.45. The molecule has 0 spiro atoms. The van der Waals surface area contributed by atoms with Crippen LogP contribution in [0.2, 0.25) is 0 Å². The second kappa shape index (κ2) is 4.82. The van der Waals surface area contributed by atoms with Gasteiger partial charge in [-0.2, -0.15) is 0 Å². The van der Waals surface area contributed by atoms with Crippen LogP contribution in [-0.4, -0.2) is 12.1 Å². The van der Waals surface area contributed by atoms with E-state index in [1.54, 1.807) is 12.1 Å². The largest absolute Gasteiger partial charge is 0.381 e. The molecule has 0 aromatic heterocycles. The molecule has 1 heterocycles. The highest BCUT2D eigenvalue weighted by atomic mass is 19.1. The molecule has 2 nitrogen and oxygen atoms in total. The van der Waals surface area contributed by atoms with Crippen molar-refractivity contribution in [1.82, 2.24) is 0 Å². The van der Waals surface area contributed by atoms with E-state index in [2.05, 4.69) is 36.2 Å². The first-order chi connectivity index (χ1) is 9.56. The highest BCUT2D eigenvalue weighted by molar-refractivity contribution is 5.73. The molecule has 20 heavy (non-hydrogen) atoms. The lowest BCUT2D eigenvalue weighted by atomic mass is 9.96. The second-order valence-corrected chi connectivity index (χ2v) is 5.90. The van der Waals surface area contributed by atoms with Crippen LogP contribution in [0.4, 0.5) is 15.8 Å². The van der Waals surface area contributed by atoms with Crippen molar-refractivity contribution in [1.29, 1.82) is 0 Å². The maximum Gasteiger partial charge on any atom is 0.123 e. The number of nitrogens with zero attached hydrogens (tertiary/aromatic N) is 1. The fraction of sp³-hybridized carbons (Fsp3) is 0.294. The molecule has 2 aromatic carbocycles. The minimum atomic E-state index is -0.177. The van der Waals surface area contributed by atoms with Crippen LogP contribution in [-0.2, 0) is 6.54 Å². The molecule has 0 bridgehead atoms. The van der Waals surface area contributed by atoms with Gasteiger partial charge in [-0.25, -0.2) is 4.39 Å². The summed E-state index contributed by atoms with van der Waals surface area (Å²) in [6, 6.07) is 15.1. The SMILES string of the molecule is CC1(C)CNc2ccccc2N1Cc1cccc(F)c1. The summed E-state index contributed by atoms with van der Waals surface area (Å²) in [5.41, 5.74) is 3.30. The summed E-state index contributed by atoms with van der Waals surface area (Å²) in [5.74, 6) is -0.177. The minimum Gasteiger partial charge on any atom is -0.381 e. The number of nitrogens with one attached hydrogen (secondary N) is 1. The summed E-state index contributed by atoms with van der Waals surface area (Å²) in [6.07, 6.45) is 0. The van der Waals surface area contributed by atoms with Gasteiger partial charge in [-0.1, -0.05) is 24.3 Å². The Morgan fingerprint density at radius 1 is 1.15 bits per heavy atom. The van der Waals surface area contributed by atoms with Gasteiger partial charge in [0.25, 0.3) is 0 Å². The summed E-state index contributed by atoms with van der Waals surface area (Å²) in [4.78, 5) is 2.34. The standard InChI is InChI=1S/C17H19FN2/c1-17(2)12-19-15-8-3-4-9-16(15)20(17)11-13-6-5-7-14(18)10-13/h3-10,19H,11-12H2,1-2H3. The van der Waals surface area contributed by atoms with Gasteiger partial charge in [0, 0.05) is 13.1 Å². The van der Waals surface area contributed by atoms with E-state index in [0.29, 0.717) is 6.54 Å². The summed E-state index contributed by atoms with van der Waals surface area (Å²) >= 11 is 0. The van der Waals surface area contributed by atoms with Gasteiger partial charge in [0.2, 0.25) is 0 Å². The smallest absolute Gasteiger partial charge is 0.123 e. The lowest BCUT2D eigenvalue weighted by Crippen LogP contribution is -2.51. The van der Waals surface area contributed by atoms with Crippen LogP contribution in [0.15, 0.2) is 48.5 Å². The van der Waals surface area contributed by atoms with Crippen LogP contribution < -0.4 is 10.2 Å². The minimum absolute atomic E-state index is 0.0132. The van der Waals surface area contributed by atoms with E-state index in [4.69, 9.17) is 0 Å². The van der Waals surface area contributed by atoms with E-state index < -0.39 is 0 Å². The zero-order valence-corrected chi connectivity index (χ0v) is 11.9. The normalized spacial score (nSPS) is 16.4.